The highest BCUT2D eigenvalue weighted by Gasteiger charge is 1.81. The summed E-state index contributed by atoms with van der Waals surface area (Å²) in [6.45, 7) is 5.12. The first-order chi connectivity index (χ1) is 5.81. The van der Waals surface area contributed by atoms with Crippen LogP contribution in [0.1, 0.15) is 26.7 Å². The van der Waals surface area contributed by atoms with Crippen molar-refractivity contribution in [3.05, 3.63) is 23.9 Å². The van der Waals surface area contributed by atoms with Gasteiger partial charge in [-0.2, -0.15) is 0 Å². The van der Waals surface area contributed by atoms with Crippen LogP contribution in [0.3, 0.4) is 0 Å². The molecule has 0 aliphatic heterocycles. The van der Waals surface area contributed by atoms with Crippen LogP contribution in [0.25, 0.3) is 0 Å². The molecule has 68 valence electrons. The van der Waals surface area contributed by atoms with E-state index >= 15 is 0 Å². The van der Waals surface area contributed by atoms with E-state index in [0.717, 1.165) is 18.4 Å². The zero-order valence-electron chi connectivity index (χ0n) is 7.84. The maximum absolute atomic E-state index is 9.95. The summed E-state index contributed by atoms with van der Waals surface area (Å²) in [7, 11) is 0. The largest absolute Gasteiger partial charge is 0.391 e. The van der Waals surface area contributed by atoms with Gasteiger partial charge in [-0.3, -0.25) is 4.79 Å². The molecule has 0 fully saturated rings. The molecule has 0 radical (unpaired) electrons. The topological polar surface area (TPSA) is 29.1 Å². The number of carbonyl (C=O) groups excluding carboxylic acids is 1. The van der Waals surface area contributed by atoms with E-state index in [4.69, 9.17) is 0 Å². The Kier molecular flexibility index (Phi) is 7.35. The minimum atomic E-state index is 0.781. The minimum Gasteiger partial charge on any atom is -0.391 e. The third kappa shape index (κ3) is 7.06. The molecule has 0 aromatic rings. The van der Waals surface area contributed by atoms with Crippen molar-refractivity contribution in [2.75, 3.05) is 6.54 Å². The van der Waals surface area contributed by atoms with Gasteiger partial charge in [-0.25, -0.2) is 0 Å². The standard InChI is InChI=1S/C10H17NO/c1-3-4-7-11-9-10(2)6-5-8-12/h5-6,8-9,11H,3-4,7H2,1-2H3/b6-5+,10-9+. The van der Waals surface area contributed by atoms with E-state index in [2.05, 4.69) is 12.2 Å². The monoisotopic (exact) mass is 167 g/mol. The maximum atomic E-state index is 9.95. The number of hydrogen-bond acceptors (Lipinski definition) is 2. The lowest BCUT2D eigenvalue weighted by Gasteiger charge is -1.98. The van der Waals surface area contributed by atoms with Gasteiger partial charge >= 0.3 is 0 Å². The lowest BCUT2D eigenvalue weighted by molar-refractivity contribution is -0.104. The van der Waals surface area contributed by atoms with Gasteiger partial charge in [0.05, 0.1) is 0 Å². The second kappa shape index (κ2) is 8.05. The van der Waals surface area contributed by atoms with Crippen molar-refractivity contribution >= 4 is 6.29 Å². The van der Waals surface area contributed by atoms with Crippen LogP contribution in [0.5, 0.6) is 0 Å². The van der Waals surface area contributed by atoms with Gasteiger partial charge in [0, 0.05) is 6.54 Å². The van der Waals surface area contributed by atoms with Gasteiger partial charge in [-0.05, 0) is 31.2 Å². The average Bonchev–Trinajstić information content (AvgIpc) is 2.09. The van der Waals surface area contributed by atoms with E-state index in [1.165, 1.54) is 18.9 Å². The Bertz CT molecular complexity index is 171. The smallest absolute Gasteiger partial charge is 0.142 e. The lowest BCUT2D eigenvalue weighted by Crippen LogP contribution is -2.06. The van der Waals surface area contributed by atoms with Crippen LogP contribution < -0.4 is 5.32 Å². The Morgan fingerprint density at radius 3 is 2.83 bits per heavy atom. The molecule has 0 heterocycles. The fraction of sp³-hybridized carbons (Fsp3) is 0.500. The molecule has 1 N–H and O–H groups in total. The third-order valence-electron chi connectivity index (χ3n) is 1.44. The van der Waals surface area contributed by atoms with E-state index < -0.39 is 0 Å². The normalized spacial score (nSPS) is 12.0. The number of rotatable bonds is 6. The number of aldehydes is 1. The Labute approximate surface area is 74.4 Å². The Hall–Kier alpha value is -1.05. The van der Waals surface area contributed by atoms with Crippen molar-refractivity contribution in [3.63, 3.8) is 0 Å². The molecule has 0 unspecified atom stereocenters. The van der Waals surface area contributed by atoms with Crippen molar-refractivity contribution in [3.8, 4) is 0 Å². The van der Waals surface area contributed by atoms with Gasteiger partial charge < -0.3 is 5.32 Å². The summed E-state index contributed by atoms with van der Waals surface area (Å²) in [4.78, 5) is 9.95. The summed E-state index contributed by atoms with van der Waals surface area (Å²) in [5, 5.41) is 3.17. The third-order valence-corrected chi connectivity index (χ3v) is 1.44. The zero-order valence-corrected chi connectivity index (χ0v) is 7.84. The maximum Gasteiger partial charge on any atom is 0.142 e. The number of carbonyl (C=O) groups is 1. The molecule has 12 heavy (non-hydrogen) atoms. The summed E-state index contributed by atoms with van der Waals surface area (Å²) in [5.74, 6) is 0. The molecule has 0 amide bonds. The average molecular weight is 167 g/mol. The number of nitrogens with one attached hydrogen (secondary N) is 1. The van der Waals surface area contributed by atoms with E-state index in [1.807, 2.05) is 13.1 Å². The highest BCUT2D eigenvalue weighted by Crippen LogP contribution is 1.91. The van der Waals surface area contributed by atoms with Crippen LogP contribution in [0.15, 0.2) is 23.9 Å². The first-order valence-electron chi connectivity index (χ1n) is 4.33. The number of unbranched alkanes of at least 4 members (excludes halogenated alkanes) is 1. The summed E-state index contributed by atoms with van der Waals surface area (Å²) in [6.07, 6.45) is 8.36. The first-order valence-corrected chi connectivity index (χ1v) is 4.33. The number of allylic oxidation sites excluding steroid dienone is 3. The summed E-state index contributed by atoms with van der Waals surface area (Å²) < 4.78 is 0. The van der Waals surface area contributed by atoms with E-state index in [0.29, 0.717) is 0 Å². The molecule has 0 atom stereocenters. The van der Waals surface area contributed by atoms with Gasteiger partial charge in [-0.1, -0.05) is 19.4 Å². The molecule has 2 nitrogen and oxygen atoms in total. The van der Waals surface area contributed by atoms with Gasteiger partial charge in [0.2, 0.25) is 0 Å². The van der Waals surface area contributed by atoms with Gasteiger partial charge in [0.25, 0.3) is 0 Å². The molecule has 0 aromatic carbocycles. The van der Waals surface area contributed by atoms with Crippen molar-refractivity contribution < 1.29 is 4.79 Å². The molecule has 2 heteroatoms. The van der Waals surface area contributed by atoms with E-state index in [1.54, 1.807) is 6.08 Å². The highest BCUT2D eigenvalue weighted by atomic mass is 16.1. The van der Waals surface area contributed by atoms with Crippen molar-refractivity contribution in [2.24, 2.45) is 0 Å². The van der Waals surface area contributed by atoms with Crippen LogP contribution >= 0.6 is 0 Å². The van der Waals surface area contributed by atoms with Crippen molar-refractivity contribution in [1.82, 2.24) is 5.32 Å². The Balaban J connectivity index is 3.54. The Morgan fingerprint density at radius 2 is 2.25 bits per heavy atom. The second-order valence-electron chi connectivity index (χ2n) is 2.69. The molecular weight excluding hydrogens is 150 g/mol. The fourth-order valence-electron chi connectivity index (χ4n) is 0.751. The van der Waals surface area contributed by atoms with Gasteiger partial charge in [0.1, 0.15) is 6.29 Å². The fourth-order valence-corrected chi connectivity index (χ4v) is 0.751. The summed E-state index contributed by atoms with van der Waals surface area (Å²) >= 11 is 0. The molecular formula is C10H17NO. The van der Waals surface area contributed by atoms with Gasteiger partial charge in [-0.15, -0.1) is 0 Å². The SMILES string of the molecule is CCCCN/C=C(C)/C=C/C=O. The predicted octanol–water partition coefficient (Wildman–Crippen LogP) is 2.04. The quantitative estimate of drug-likeness (QED) is 0.284. The van der Waals surface area contributed by atoms with E-state index in [9.17, 15) is 4.79 Å². The van der Waals surface area contributed by atoms with Crippen LogP contribution in [0, 0.1) is 0 Å². The van der Waals surface area contributed by atoms with Crippen molar-refractivity contribution in [2.45, 2.75) is 26.7 Å². The summed E-state index contributed by atoms with van der Waals surface area (Å²) in [5.41, 5.74) is 1.07. The molecule has 0 aromatic heterocycles. The van der Waals surface area contributed by atoms with Gasteiger partial charge in [0.15, 0.2) is 0 Å². The predicted molar refractivity (Wildman–Crippen MR) is 51.9 cm³/mol. The summed E-state index contributed by atoms with van der Waals surface area (Å²) in [6, 6.07) is 0. The lowest BCUT2D eigenvalue weighted by atomic mass is 10.3. The number of hydrogen-bond donors (Lipinski definition) is 1. The first kappa shape index (κ1) is 11.0. The van der Waals surface area contributed by atoms with E-state index in [-0.39, 0.29) is 0 Å². The van der Waals surface area contributed by atoms with Crippen molar-refractivity contribution in [1.29, 1.82) is 0 Å². The Morgan fingerprint density at radius 1 is 1.50 bits per heavy atom. The molecule has 0 saturated carbocycles. The highest BCUT2D eigenvalue weighted by molar-refractivity contribution is 5.65. The van der Waals surface area contributed by atoms with Crippen LogP contribution in [0.4, 0.5) is 0 Å². The molecule has 0 rings (SSSR count). The molecule has 0 saturated heterocycles. The van der Waals surface area contributed by atoms with Crippen LogP contribution in [0.2, 0.25) is 0 Å². The molecule has 0 aliphatic rings. The van der Waals surface area contributed by atoms with Crippen LogP contribution in [-0.2, 0) is 4.79 Å². The van der Waals surface area contributed by atoms with Crippen LogP contribution in [-0.4, -0.2) is 12.8 Å². The molecule has 0 spiro atoms. The molecule has 0 bridgehead atoms. The second-order valence-corrected chi connectivity index (χ2v) is 2.69. The zero-order chi connectivity index (χ0) is 9.23. The molecule has 0 aliphatic carbocycles. The minimum absolute atomic E-state index is 0.781.